The van der Waals surface area contributed by atoms with E-state index in [4.69, 9.17) is 5.11 Å². The quantitative estimate of drug-likeness (QED) is 0.816. The van der Waals surface area contributed by atoms with Gasteiger partial charge < -0.3 is 10.0 Å². The molecule has 0 amide bonds. The van der Waals surface area contributed by atoms with E-state index in [-0.39, 0.29) is 6.61 Å². The maximum absolute atomic E-state index is 8.95. The zero-order valence-corrected chi connectivity index (χ0v) is 9.32. The highest BCUT2D eigenvalue weighted by atomic mass is 16.3. The van der Waals surface area contributed by atoms with Crippen LogP contribution < -0.4 is 4.90 Å². The largest absolute Gasteiger partial charge is 0.392 e. The van der Waals surface area contributed by atoms with E-state index in [1.165, 1.54) is 31.5 Å². The molecule has 0 aromatic heterocycles. The molecule has 0 atom stereocenters. The topological polar surface area (TPSA) is 23.5 Å². The van der Waals surface area contributed by atoms with Crippen molar-refractivity contribution in [2.24, 2.45) is 5.92 Å². The predicted molar refractivity (Wildman–Crippen MR) is 63.0 cm³/mol. The highest BCUT2D eigenvalue weighted by molar-refractivity contribution is 5.46. The molecule has 1 fully saturated rings. The van der Waals surface area contributed by atoms with Crippen molar-refractivity contribution >= 4 is 5.69 Å². The molecule has 1 aromatic rings. The highest BCUT2D eigenvalue weighted by Gasteiger charge is 2.18. The van der Waals surface area contributed by atoms with Gasteiger partial charge in [-0.15, -0.1) is 0 Å². The Kier molecular flexibility index (Phi) is 3.27. The van der Waals surface area contributed by atoms with Gasteiger partial charge in [-0.3, -0.25) is 0 Å². The molecule has 0 radical (unpaired) electrons. The number of hydrogen-bond donors (Lipinski definition) is 1. The SMILES string of the molecule is CN(CC1CCC1)c1ccc(CO)cc1. The minimum Gasteiger partial charge on any atom is -0.392 e. The molecule has 0 spiro atoms. The first-order valence-corrected chi connectivity index (χ1v) is 5.70. The van der Waals surface area contributed by atoms with Gasteiger partial charge in [0.2, 0.25) is 0 Å². The summed E-state index contributed by atoms with van der Waals surface area (Å²) in [6.45, 7) is 1.30. The Morgan fingerprint density at radius 1 is 1.27 bits per heavy atom. The summed E-state index contributed by atoms with van der Waals surface area (Å²) in [5.41, 5.74) is 2.23. The van der Waals surface area contributed by atoms with Crippen molar-refractivity contribution in [1.82, 2.24) is 0 Å². The molecule has 0 saturated heterocycles. The van der Waals surface area contributed by atoms with E-state index in [9.17, 15) is 0 Å². The van der Waals surface area contributed by atoms with Crippen molar-refractivity contribution in [3.8, 4) is 0 Å². The lowest BCUT2D eigenvalue weighted by Gasteiger charge is -2.31. The molecule has 15 heavy (non-hydrogen) atoms. The molecule has 1 aliphatic rings. The van der Waals surface area contributed by atoms with Gasteiger partial charge in [0.05, 0.1) is 6.61 Å². The fourth-order valence-corrected chi connectivity index (χ4v) is 2.02. The number of hydrogen-bond acceptors (Lipinski definition) is 2. The zero-order valence-electron chi connectivity index (χ0n) is 9.32. The van der Waals surface area contributed by atoms with Crippen LogP contribution in [0.2, 0.25) is 0 Å². The lowest BCUT2D eigenvalue weighted by Crippen LogP contribution is -2.29. The van der Waals surface area contributed by atoms with Crippen molar-refractivity contribution < 1.29 is 5.11 Å². The number of nitrogens with zero attached hydrogens (tertiary/aromatic N) is 1. The first kappa shape index (κ1) is 10.5. The Balaban J connectivity index is 1.94. The fourth-order valence-electron chi connectivity index (χ4n) is 2.02. The summed E-state index contributed by atoms with van der Waals surface area (Å²) < 4.78 is 0. The highest BCUT2D eigenvalue weighted by Crippen LogP contribution is 2.28. The van der Waals surface area contributed by atoms with Gasteiger partial charge in [0.1, 0.15) is 0 Å². The second-order valence-corrected chi connectivity index (χ2v) is 4.50. The van der Waals surface area contributed by atoms with Crippen LogP contribution in [-0.2, 0) is 6.61 Å². The molecule has 1 aliphatic carbocycles. The normalized spacial score (nSPS) is 16.1. The van der Waals surface area contributed by atoms with Crippen LogP contribution in [0.3, 0.4) is 0 Å². The van der Waals surface area contributed by atoms with E-state index in [0.717, 1.165) is 11.5 Å². The molecule has 1 saturated carbocycles. The third-order valence-electron chi connectivity index (χ3n) is 3.32. The van der Waals surface area contributed by atoms with Crippen molar-refractivity contribution in [3.63, 3.8) is 0 Å². The maximum atomic E-state index is 8.95. The molecular weight excluding hydrogens is 186 g/mol. The van der Waals surface area contributed by atoms with Crippen molar-refractivity contribution in [2.75, 3.05) is 18.5 Å². The molecule has 2 rings (SSSR count). The van der Waals surface area contributed by atoms with Gasteiger partial charge >= 0.3 is 0 Å². The van der Waals surface area contributed by atoms with Crippen LogP contribution in [0, 0.1) is 5.92 Å². The summed E-state index contributed by atoms with van der Waals surface area (Å²) in [7, 11) is 2.15. The summed E-state index contributed by atoms with van der Waals surface area (Å²) in [5.74, 6) is 0.896. The third kappa shape index (κ3) is 2.51. The smallest absolute Gasteiger partial charge is 0.0681 e. The van der Waals surface area contributed by atoms with Gasteiger partial charge in [-0.25, -0.2) is 0 Å². The Morgan fingerprint density at radius 2 is 1.93 bits per heavy atom. The van der Waals surface area contributed by atoms with E-state index in [2.05, 4.69) is 24.1 Å². The Labute approximate surface area is 91.5 Å². The van der Waals surface area contributed by atoms with Crippen molar-refractivity contribution in [2.45, 2.75) is 25.9 Å². The maximum Gasteiger partial charge on any atom is 0.0681 e. The van der Waals surface area contributed by atoms with Gasteiger partial charge in [-0.05, 0) is 36.5 Å². The number of benzene rings is 1. The first-order valence-electron chi connectivity index (χ1n) is 5.70. The third-order valence-corrected chi connectivity index (χ3v) is 3.32. The Bertz CT molecular complexity index is 303. The van der Waals surface area contributed by atoms with Crippen LogP contribution in [0.15, 0.2) is 24.3 Å². The van der Waals surface area contributed by atoms with Gasteiger partial charge in [-0.1, -0.05) is 18.6 Å². The zero-order chi connectivity index (χ0) is 10.7. The van der Waals surface area contributed by atoms with Gasteiger partial charge in [0.25, 0.3) is 0 Å². The van der Waals surface area contributed by atoms with Crippen LogP contribution in [0.1, 0.15) is 24.8 Å². The molecule has 1 aromatic carbocycles. The van der Waals surface area contributed by atoms with E-state index in [1.807, 2.05) is 12.1 Å². The summed E-state index contributed by atoms with van der Waals surface area (Å²) in [4.78, 5) is 2.31. The number of anilines is 1. The molecule has 0 bridgehead atoms. The number of aliphatic hydroxyl groups is 1. The Morgan fingerprint density at radius 3 is 2.40 bits per heavy atom. The molecule has 2 heteroatoms. The summed E-state index contributed by atoms with van der Waals surface area (Å²) in [5, 5.41) is 8.95. The number of rotatable bonds is 4. The molecule has 2 nitrogen and oxygen atoms in total. The molecule has 0 unspecified atom stereocenters. The fraction of sp³-hybridized carbons (Fsp3) is 0.538. The van der Waals surface area contributed by atoms with Crippen LogP contribution in [0.4, 0.5) is 5.69 Å². The van der Waals surface area contributed by atoms with Crippen molar-refractivity contribution in [3.05, 3.63) is 29.8 Å². The molecule has 1 N–H and O–H groups in total. The number of aliphatic hydroxyl groups excluding tert-OH is 1. The van der Waals surface area contributed by atoms with Crippen LogP contribution in [-0.4, -0.2) is 18.7 Å². The van der Waals surface area contributed by atoms with Crippen LogP contribution >= 0.6 is 0 Å². The standard InChI is InChI=1S/C13H19NO/c1-14(9-11-3-2-4-11)13-7-5-12(10-15)6-8-13/h5-8,11,15H,2-4,9-10H2,1H3. The second-order valence-electron chi connectivity index (χ2n) is 4.50. The minimum absolute atomic E-state index is 0.132. The lowest BCUT2D eigenvalue weighted by atomic mass is 9.85. The van der Waals surface area contributed by atoms with Crippen molar-refractivity contribution in [1.29, 1.82) is 0 Å². The van der Waals surface area contributed by atoms with Gasteiger partial charge in [0, 0.05) is 19.3 Å². The summed E-state index contributed by atoms with van der Waals surface area (Å²) in [6.07, 6.45) is 4.18. The Hall–Kier alpha value is -1.02. The van der Waals surface area contributed by atoms with Gasteiger partial charge in [-0.2, -0.15) is 0 Å². The molecule has 0 heterocycles. The minimum atomic E-state index is 0.132. The molecule has 0 aliphatic heterocycles. The molecular formula is C13H19NO. The summed E-state index contributed by atoms with van der Waals surface area (Å²) in [6, 6.07) is 8.16. The van der Waals surface area contributed by atoms with E-state index in [1.54, 1.807) is 0 Å². The average Bonchev–Trinajstić information content (AvgIpc) is 2.23. The van der Waals surface area contributed by atoms with E-state index >= 15 is 0 Å². The molecule has 82 valence electrons. The van der Waals surface area contributed by atoms with Crippen LogP contribution in [0.25, 0.3) is 0 Å². The van der Waals surface area contributed by atoms with E-state index < -0.39 is 0 Å². The first-order chi connectivity index (χ1) is 7.29. The van der Waals surface area contributed by atoms with E-state index in [0.29, 0.717) is 0 Å². The summed E-state index contributed by atoms with van der Waals surface area (Å²) >= 11 is 0. The lowest BCUT2D eigenvalue weighted by molar-refractivity contribution is 0.282. The van der Waals surface area contributed by atoms with Gasteiger partial charge in [0.15, 0.2) is 0 Å². The second kappa shape index (κ2) is 4.67. The predicted octanol–water partition coefficient (Wildman–Crippen LogP) is 2.42. The average molecular weight is 205 g/mol. The van der Waals surface area contributed by atoms with Crippen LogP contribution in [0.5, 0.6) is 0 Å². The monoisotopic (exact) mass is 205 g/mol.